The second-order valence-electron chi connectivity index (χ2n) is 4.33. The first-order valence-corrected chi connectivity index (χ1v) is 5.82. The Kier molecular flexibility index (Phi) is 5.75. The first kappa shape index (κ1) is 16.7. The Morgan fingerprint density at radius 2 is 0.700 bits per heavy atom. The number of halogens is 4. The van der Waals surface area contributed by atoms with Gasteiger partial charge in [0.1, 0.15) is 0 Å². The van der Waals surface area contributed by atoms with Crippen molar-refractivity contribution in [2.45, 2.75) is 12.8 Å². The first-order valence-electron chi connectivity index (χ1n) is 5.82. The average molecular weight is 366 g/mol. The molecule has 0 unspecified atom stereocenters. The van der Waals surface area contributed by atoms with Gasteiger partial charge in [0.25, 0.3) is 0 Å². The second kappa shape index (κ2) is 6.89. The van der Waals surface area contributed by atoms with Gasteiger partial charge >= 0.3 is 7.25 Å². The van der Waals surface area contributed by atoms with E-state index >= 15 is 0 Å². The van der Waals surface area contributed by atoms with Crippen molar-refractivity contribution in [3.05, 3.63) is 0 Å². The van der Waals surface area contributed by atoms with E-state index in [-0.39, 0.29) is 19.5 Å². The van der Waals surface area contributed by atoms with Crippen molar-refractivity contribution in [1.29, 1.82) is 0 Å². The SMILES string of the molecule is C1#CC2C#CC1C2.C1#CC2C#CC1C2.F[B-](F)(F)F.[Rh]. The van der Waals surface area contributed by atoms with Crippen molar-refractivity contribution in [2.75, 3.05) is 0 Å². The van der Waals surface area contributed by atoms with E-state index in [0.717, 1.165) is 12.8 Å². The number of rotatable bonds is 0. The smallest absolute Gasteiger partial charge is 0.418 e. The molecular formula is C14H8BF4Rh-. The van der Waals surface area contributed by atoms with Crippen molar-refractivity contribution in [2.24, 2.45) is 23.7 Å². The van der Waals surface area contributed by atoms with Crippen molar-refractivity contribution in [1.82, 2.24) is 0 Å². The molecule has 4 aliphatic rings. The summed E-state index contributed by atoms with van der Waals surface area (Å²) in [4.78, 5) is 0. The average Bonchev–Trinajstić information content (AvgIpc) is 3.10. The quantitative estimate of drug-likeness (QED) is 0.351. The summed E-state index contributed by atoms with van der Waals surface area (Å²) in [5, 5.41) is 0. The van der Waals surface area contributed by atoms with Crippen molar-refractivity contribution >= 4 is 7.25 Å². The van der Waals surface area contributed by atoms with E-state index in [4.69, 9.17) is 0 Å². The van der Waals surface area contributed by atoms with E-state index < -0.39 is 7.25 Å². The Hall–Kier alpha value is -1.35. The predicted octanol–water partition coefficient (Wildman–Crippen LogP) is 2.58. The van der Waals surface area contributed by atoms with Crippen LogP contribution in [0.15, 0.2) is 0 Å². The van der Waals surface area contributed by atoms with Crippen molar-refractivity contribution < 1.29 is 36.7 Å². The third kappa shape index (κ3) is 5.74. The van der Waals surface area contributed by atoms with Gasteiger partial charge in [0.15, 0.2) is 0 Å². The Bertz CT molecular complexity index is 473. The van der Waals surface area contributed by atoms with Crippen molar-refractivity contribution in [3.63, 3.8) is 0 Å². The molecule has 0 fully saturated rings. The number of fused-ring (bicyclic) bond motifs is 4. The van der Waals surface area contributed by atoms with E-state index in [1.807, 2.05) is 0 Å². The zero-order chi connectivity index (χ0) is 13.9. The third-order valence-electron chi connectivity index (χ3n) is 2.67. The van der Waals surface area contributed by atoms with E-state index in [1.165, 1.54) is 0 Å². The fraction of sp³-hybridized carbons (Fsp3) is 0.429. The van der Waals surface area contributed by atoms with Crippen LogP contribution >= 0.6 is 0 Å². The molecule has 105 valence electrons. The van der Waals surface area contributed by atoms with Gasteiger partial charge in [-0.15, -0.1) is 0 Å². The van der Waals surface area contributed by atoms with Gasteiger partial charge in [0.2, 0.25) is 0 Å². The van der Waals surface area contributed by atoms with Crippen LogP contribution in [0, 0.1) is 71.0 Å². The molecule has 0 amide bonds. The summed E-state index contributed by atoms with van der Waals surface area (Å²) < 4.78 is 39.0. The zero-order valence-electron chi connectivity index (χ0n) is 10.1. The minimum atomic E-state index is -6.00. The van der Waals surface area contributed by atoms with E-state index in [0.29, 0.717) is 23.7 Å². The maximum Gasteiger partial charge on any atom is 0.673 e. The van der Waals surface area contributed by atoms with Gasteiger partial charge in [-0.2, -0.15) is 0 Å². The van der Waals surface area contributed by atoms with Gasteiger partial charge in [-0.1, -0.05) is 47.4 Å². The molecule has 0 saturated carbocycles. The molecule has 0 nitrogen and oxygen atoms in total. The van der Waals surface area contributed by atoms with Crippen LogP contribution < -0.4 is 0 Å². The van der Waals surface area contributed by atoms with Gasteiger partial charge in [-0.05, 0) is 12.8 Å². The van der Waals surface area contributed by atoms with Crippen LogP contribution in [-0.2, 0) is 19.5 Å². The minimum absolute atomic E-state index is 0. The topological polar surface area (TPSA) is 0 Å². The molecule has 4 bridgehead atoms. The Morgan fingerprint density at radius 3 is 0.750 bits per heavy atom. The molecule has 0 atom stereocenters. The molecule has 0 aromatic heterocycles. The van der Waals surface area contributed by atoms with Crippen LogP contribution in [0.5, 0.6) is 0 Å². The minimum Gasteiger partial charge on any atom is -0.418 e. The summed E-state index contributed by atoms with van der Waals surface area (Å²) >= 11 is 0. The molecule has 0 aliphatic heterocycles. The van der Waals surface area contributed by atoms with Crippen LogP contribution in [0.2, 0.25) is 0 Å². The van der Waals surface area contributed by atoms with Gasteiger partial charge in [0.05, 0.1) is 23.7 Å². The van der Waals surface area contributed by atoms with Gasteiger partial charge in [0, 0.05) is 19.5 Å². The van der Waals surface area contributed by atoms with Gasteiger partial charge in [-0.25, -0.2) is 0 Å². The van der Waals surface area contributed by atoms with Crippen LogP contribution in [0.25, 0.3) is 0 Å². The van der Waals surface area contributed by atoms with E-state index in [1.54, 1.807) is 0 Å². The molecule has 0 spiro atoms. The van der Waals surface area contributed by atoms with Gasteiger partial charge in [-0.3, -0.25) is 0 Å². The maximum absolute atomic E-state index is 9.75. The van der Waals surface area contributed by atoms with E-state index in [9.17, 15) is 17.3 Å². The molecule has 0 N–H and O–H groups in total. The Balaban J connectivity index is 0.000000150. The van der Waals surface area contributed by atoms with Crippen LogP contribution in [-0.4, -0.2) is 7.25 Å². The van der Waals surface area contributed by atoms with Crippen LogP contribution in [0.3, 0.4) is 0 Å². The molecule has 6 heteroatoms. The molecular weight excluding hydrogens is 358 g/mol. The predicted molar refractivity (Wildman–Crippen MR) is 64.5 cm³/mol. The second-order valence-corrected chi connectivity index (χ2v) is 4.33. The molecule has 0 heterocycles. The normalized spacial score (nSPS) is 30.2. The Morgan fingerprint density at radius 1 is 0.550 bits per heavy atom. The molecule has 0 aromatic rings. The standard InChI is InChI=1S/2C7H4.BF4.Rh/c2*1-2-7-4-3-6(1)5-7;2-1(3,4)5;/h2*6-7H,5H2;;/q;;-1;. The largest absolute Gasteiger partial charge is 0.673 e. The molecule has 4 rings (SSSR count). The number of hydrogen-bond donors (Lipinski definition) is 0. The van der Waals surface area contributed by atoms with Gasteiger partial charge < -0.3 is 17.3 Å². The van der Waals surface area contributed by atoms with Crippen LogP contribution in [0.1, 0.15) is 12.8 Å². The fourth-order valence-corrected chi connectivity index (χ4v) is 1.89. The zero-order valence-corrected chi connectivity index (χ0v) is 11.8. The molecule has 0 saturated heterocycles. The third-order valence-corrected chi connectivity index (χ3v) is 2.67. The summed E-state index contributed by atoms with van der Waals surface area (Å²) in [6, 6.07) is 0. The summed E-state index contributed by atoms with van der Waals surface area (Å²) in [6.45, 7) is 0. The molecule has 20 heavy (non-hydrogen) atoms. The maximum atomic E-state index is 9.75. The summed E-state index contributed by atoms with van der Waals surface area (Å²) in [6.07, 6.45) is 2.28. The Labute approximate surface area is 128 Å². The molecule has 4 aliphatic carbocycles. The fourth-order valence-electron chi connectivity index (χ4n) is 1.89. The first-order chi connectivity index (χ1) is 8.90. The molecule has 0 aromatic carbocycles. The summed E-state index contributed by atoms with van der Waals surface area (Å²) in [5.74, 6) is 26.1. The summed E-state index contributed by atoms with van der Waals surface area (Å²) in [7, 11) is -6.00. The van der Waals surface area contributed by atoms with Crippen LogP contribution in [0.4, 0.5) is 17.3 Å². The summed E-state index contributed by atoms with van der Waals surface area (Å²) in [5.41, 5.74) is 0. The monoisotopic (exact) mass is 366 g/mol. The van der Waals surface area contributed by atoms with Crippen molar-refractivity contribution in [3.8, 4) is 47.4 Å². The van der Waals surface area contributed by atoms with E-state index in [2.05, 4.69) is 47.4 Å². The number of hydrogen-bond acceptors (Lipinski definition) is 0. The molecule has 1 radical (unpaired) electrons.